The fraction of sp³-hybridized carbons (Fsp3) is 0.333. The lowest BCUT2D eigenvalue weighted by Gasteiger charge is -2.14. The van der Waals surface area contributed by atoms with Crippen molar-refractivity contribution >= 4 is 34.5 Å². The lowest BCUT2D eigenvalue weighted by atomic mass is 10.1. The van der Waals surface area contributed by atoms with Crippen molar-refractivity contribution in [1.82, 2.24) is 5.32 Å². The van der Waals surface area contributed by atoms with Crippen molar-refractivity contribution in [3.8, 4) is 0 Å². The van der Waals surface area contributed by atoms with Gasteiger partial charge in [-0.2, -0.15) is 0 Å². The second-order valence-corrected chi connectivity index (χ2v) is 6.38. The van der Waals surface area contributed by atoms with E-state index in [1.165, 1.54) is 10.4 Å². The summed E-state index contributed by atoms with van der Waals surface area (Å²) >= 11 is 13.7. The molecule has 1 atom stereocenters. The maximum Gasteiger partial charge on any atom is 0.0929 e. The quantitative estimate of drug-likeness (QED) is 0.821. The number of rotatable bonds is 6. The van der Waals surface area contributed by atoms with E-state index in [1.807, 2.05) is 0 Å². The maximum atomic E-state index is 10.2. The largest absolute Gasteiger partial charge is 0.387 e. The minimum absolute atomic E-state index is 0.446. The van der Waals surface area contributed by atoms with Crippen LogP contribution in [0.15, 0.2) is 29.6 Å². The smallest absolute Gasteiger partial charge is 0.0929 e. The third kappa shape index (κ3) is 3.96. The summed E-state index contributed by atoms with van der Waals surface area (Å²) < 4.78 is 0. The Morgan fingerprint density at radius 3 is 2.85 bits per heavy atom. The molecule has 0 spiro atoms. The Morgan fingerprint density at radius 2 is 2.10 bits per heavy atom. The lowest BCUT2D eigenvalue weighted by molar-refractivity contribution is 0.174. The number of benzene rings is 1. The highest BCUT2D eigenvalue weighted by molar-refractivity contribution is 7.10. The van der Waals surface area contributed by atoms with Gasteiger partial charge in [-0.1, -0.05) is 30.1 Å². The van der Waals surface area contributed by atoms with Gasteiger partial charge in [0.2, 0.25) is 0 Å². The molecule has 1 aromatic carbocycles. The van der Waals surface area contributed by atoms with Crippen LogP contribution in [-0.2, 0) is 13.0 Å². The first-order chi connectivity index (χ1) is 9.61. The van der Waals surface area contributed by atoms with Gasteiger partial charge in [0.05, 0.1) is 6.10 Å². The summed E-state index contributed by atoms with van der Waals surface area (Å²) in [5, 5.41) is 16.7. The SMILES string of the molecule is CCc1ccsc1CNCC(O)c1cc(Cl)ccc1Cl. The molecule has 5 heteroatoms. The number of halogens is 2. The van der Waals surface area contributed by atoms with Crippen LogP contribution in [0.2, 0.25) is 10.0 Å². The molecule has 1 unspecified atom stereocenters. The van der Waals surface area contributed by atoms with Crippen LogP contribution in [-0.4, -0.2) is 11.7 Å². The van der Waals surface area contributed by atoms with Crippen LogP contribution < -0.4 is 5.32 Å². The van der Waals surface area contributed by atoms with Crippen molar-refractivity contribution in [1.29, 1.82) is 0 Å². The van der Waals surface area contributed by atoms with Crippen LogP contribution in [0.1, 0.15) is 29.0 Å². The predicted molar refractivity (Wildman–Crippen MR) is 86.8 cm³/mol. The van der Waals surface area contributed by atoms with Crippen molar-refractivity contribution in [2.45, 2.75) is 26.0 Å². The predicted octanol–water partition coefficient (Wildman–Crippen LogP) is 4.44. The van der Waals surface area contributed by atoms with E-state index in [1.54, 1.807) is 29.5 Å². The third-order valence-electron chi connectivity index (χ3n) is 3.16. The van der Waals surface area contributed by atoms with E-state index in [-0.39, 0.29) is 0 Å². The summed E-state index contributed by atoms with van der Waals surface area (Å²) in [4.78, 5) is 1.32. The summed E-state index contributed by atoms with van der Waals surface area (Å²) in [6, 6.07) is 7.27. The van der Waals surface area contributed by atoms with Crippen molar-refractivity contribution in [3.05, 3.63) is 55.7 Å². The Hall–Kier alpha value is -0.580. The first-order valence-electron chi connectivity index (χ1n) is 6.50. The Kier molecular flexibility index (Phi) is 5.87. The highest BCUT2D eigenvalue weighted by Gasteiger charge is 2.12. The van der Waals surface area contributed by atoms with Gasteiger partial charge < -0.3 is 10.4 Å². The molecule has 1 heterocycles. The fourth-order valence-electron chi connectivity index (χ4n) is 2.04. The summed E-state index contributed by atoms with van der Waals surface area (Å²) in [7, 11) is 0. The molecule has 1 aromatic heterocycles. The number of thiophene rings is 1. The Morgan fingerprint density at radius 1 is 1.30 bits per heavy atom. The van der Waals surface area contributed by atoms with Gasteiger partial charge in [-0.3, -0.25) is 0 Å². The molecular formula is C15H17Cl2NOS. The van der Waals surface area contributed by atoms with Gasteiger partial charge in [-0.05, 0) is 41.6 Å². The molecule has 2 nitrogen and oxygen atoms in total. The van der Waals surface area contributed by atoms with E-state index in [4.69, 9.17) is 23.2 Å². The molecular weight excluding hydrogens is 313 g/mol. The molecule has 0 bridgehead atoms. The van der Waals surface area contributed by atoms with Gasteiger partial charge in [-0.25, -0.2) is 0 Å². The molecule has 20 heavy (non-hydrogen) atoms. The maximum absolute atomic E-state index is 10.2. The minimum Gasteiger partial charge on any atom is -0.387 e. The molecule has 108 valence electrons. The highest BCUT2D eigenvalue weighted by Crippen LogP contribution is 2.26. The molecule has 0 aliphatic rings. The van der Waals surface area contributed by atoms with Gasteiger partial charge in [0.15, 0.2) is 0 Å². The number of aliphatic hydroxyl groups is 1. The van der Waals surface area contributed by atoms with Crippen molar-refractivity contribution in [2.24, 2.45) is 0 Å². The van der Waals surface area contributed by atoms with Crippen LogP contribution in [0, 0.1) is 0 Å². The number of hydrogen-bond acceptors (Lipinski definition) is 3. The second-order valence-electron chi connectivity index (χ2n) is 4.54. The normalized spacial score (nSPS) is 12.6. The number of nitrogens with one attached hydrogen (secondary N) is 1. The van der Waals surface area contributed by atoms with Crippen molar-refractivity contribution in [3.63, 3.8) is 0 Å². The van der Waals surface area contributed by atoms with E-state index < -0.39 is 6.10 Å². The lowest BCUT2D eigenvalue weighted by Crippen LogP contribution is -2.21. The third-order valence-corrected chi connectivity index (χ3v) is 4.70. The highest BCUT2D eigenvalue weighted by atomic mass is 35.5. The van der Waals surface area contributed by atoms with E-state index in [9.17, 15) is 5.11 Å². The molecule has 0 saturated heterocycles. The van der Waals surface area contributed by atoms with Gasteiger partial charge in [0.25, 0.3) is 0 Å². The number of hydrogen-bond donors (Lipinski definition) is 2. The van der Waals surface area contributed by atoms with E-state index in [0.717, 1.165) is 13.0 Å². The Bertz CT molecular complexity index is 571. The van der Waals surface area contributed by atoms with Crippen LogP contribution in [0.25, 0.3) is 0 Å². The first-order valence-corrected chi connectivity index (χ1v) is 8.14. The molecule has 0 radical (unpaired) electrons. The summed E-state index contributed by atoms with van der Waals surface area (Å²) in [5.41, 5.74) is 2.02. The average Bonchev–Trinajstić information content (AvgIpc) is 2.89. The summed E-state index contributed by atoms with van der Waals surface area (Å²) in [5.74, 6) is 0. The molecule has 0 aliphatic heterocycles. The first kappa shape index (κ1) is 15.8. The Labute approximate surface area is 133 Å². The molecule has 0 fully saturated rings. The monoisotopic (exact) mass is 329 g/mol. The van der Waals surface area contributed by atoms with Crippen molar-refractivity contribution < 1.29 is 5.11 Å². The summed E-state index contributed by atoms with van der Waals surface area (Å²) in [6.45, 7) is 3.35. The van der Waals surface area contributed by atoms with Crippen LogP contribution in [0.3, 0.4) is 0 Å². The molecule has 0 aliphatic carbocycles. The molecule has 2 N–H and O–H groups in total. The second kappa shape index (κ2) is 7.43. The average molecular weight is 330 g/mol. The van der Waals surface area contributed by atoms with Gasteiger partial charge in [0, 0.05) is 33.6 Å². The van der Waals surface area contributed by atoms with Gasteiger partial charge in [0.1, 0.15) is 0 Å². The van der Waals surface area contributed by atoms with Gasteiger partial charge in [-0.15, -0.1) is 11.3 Å². The van der Waals surface area contributed by atoms with E-state index in [2.05, 4.69) is 23.7 Å². The fourth-order valence-corrected chi connectivity index (χ4v) is 3.41. The van der Waals surface area contributed by atoms with Crippen LogP contribution in [0.5, 0.6) is 0 Å². The van der Waals surface area contributed by atoms with Crippen molar-refractivity contribution in [2.75, 3.05) is 6.54 Å². The minimum atomic E-state index is -0.661. The van der Waals surface area contributed by atoms with Gasteiger partial charge >= 0.3 is 0 Å². The summed E-state index contributed by atoms with van der Waals surface area (Å²) in [6.07, 6.45) is 0.370. The zero-order valence-corrected chi connectivity index (χ0v) is 13.5. The standard InChI is InChI=1S/C15H17Cl2NOS/c1-2-10-5-6-20-15(10)9-18-8-14(19)12-7-11(16)3-4-13(12)17/h3-7,14,18-19H,2,8-9H2,1H3. The Balaban J connectivity index is 1.92. The molecule has 0 saturated carbocycles. The van der Waals surface area contributed by atoms with Crippen LogP contribution in [0.4, 0.5) is 0 Å². The molecule has 2 rings (SSSR count). The number of aliphatic hydroxyl groups excluding tert-OH is 1. The van der Waals surface area contributed by atoms with Crippen LogP contribution >= 0.6 is 34.5 Å². The zero-order chi connectivity index (χ0) is 14.5. The topological polar surface area (TPSA) is 32.3 Å². The van der Waals surface area contributed by atoms with E-state index >= 15 is 0 Å². The molecule has 2 aromatic rings. The number of aryl methyl sites for hydroxylation is 1. The zero-order valence-electron chi connectivity index (χ0n) is 11.2. The molecule has 0 amide bonds. The van der Waals surface area contributed by atoms with E-state index in [0.29, 0.717) is 22.2 Å².